The molecule has 1 aromatic heterocycles. The van der Waals surface area contributed by atoms with Gasteiger partial charge >= 0.3 is 0 Å². The van der Waals surface area contributed by atoms with E-state index in [1.54, 1.807) is 0 Å². The molecule has 0 atom stereocenters. The maximum absolute atomic E-state index is 5.47. The minimum atomic E-state index is 0.253. The van der Waals surface area contributed by atoms with Crippen LogP contribution in [0.1, 0.15) is 25.6 Å². The highest BCUT2D eigenvalue weighted by atomic mass is 15.4. The first-order chi connectivity index (χ1) is 4.63. The predicted molar refractivity (Wildman–Crippen MR) is 38.7 cm³/mol. The number of nitrogen functional groups attached to an aromatic ring is 2. The molecule has 0 fully saturated rings. The van der Waals surface area contributed by atoms with E-state index in [0.29, 0.717) is 5.82 Å². The van der Waals surface area contributed by atoms with Crippen LogP contribution < -0.4 is 11.6 Å². The Morgan fingerprint density at radius 1 is 1.40 bits per heavy atom. The largest absolute Gasteiger partial charge is 0.366 e. The predicted octanol–water partition coefficient (Wildman–Crippen LogP) is -0.302. The zero-order chi connectivity index (χ0) is 7.72. The molecule has 0 aromatic carbocycles. The van der Waals surface area contributed by atoms with Crippen molar-refractivity contribution in [2.75, 3.05) is 11.6 Å². The molecule has 0 saturated carbocycles. The molecule has 0 unspecified atom stereocenters. The molecular weight excluding hydrogens is 130 g/mol. The third-order valence-electron chi connectivity index (χ3n) is 1.26. The lowest BCUT2D eigenvalue weighted by atomic mass is 10.2. The minimum Gasteiger partial charge on any atom is -0.366 e. The van der Waals surface area contributed by atoms with E-state index in [1.807, 2.05) is 13.8 Å². The lowest BCUT2D eigenvalue weighted by Crippen LogP contribution is -2.16. The molecule has 0 spiro atoms. The fourth-order valence-corrected chi connectivity index (χ4v) is 0.710. The molecule has 0 aliphatic rings. The van der Waals surface area contributed by atoms with Crippen LogP contribution in [-0.4, -0.2) is 14.9 Å². The summed E-state index contributed by atoms with van der Waals surface area (Å²) in [5.41, 5.74) is 5.34. The standard InChI is InChI=1S/C5H11N5/c1-3(2)4-8-9-5(6)10(4)7/h3H,7H2,1-2H3,(H2,6,9). The van der Waals surface area contributed by atoms with E-state index < -0.39 is 0 Å². The second kappa shape index (κ2) is 2.17. The zero-order valence-electron chi connectivity index (χ0n) is 6.07. The fourth-order valence-electron chi connectivity index (χ4n) is 0.710. The molecule has 0 amide bonds. The van der Waals surface area contributed by atoms with Crippen molar-refractivity contribution < 1.29 is 0 Å². The van der Waals surface area contributed by atoms with Gasteiger partial charge in [0.1, 0.15) is 0 Å². The molecule has 0 aliphatic heterocycles. The average molecular weight is 141 g/mol. The Morgan fingerprint density at radius 2 is 2.00 bits per heavy atom. The van der Waals surface area contributed by atoms with Gasteiger partial charge in [-0.3, -0.25) is 0 Å². The SMILES string of the molecule is CC(C)c1nnc(N)n1N. The molecule has 0 aliphatic carbocycles. The van der Waals surface area contributed by atoms with Gasteiger partial charge in [0.05, 0.1) is 0 Å². The number of nitrogens with zero attached hydrogens (tertiary/aromatic N) is 3. The maximum Gasteiger partial charge on any atom is 0.240 e. The van der Waals surface area contributed by atoms with Crippen molar-refractivity contribution in [1.29, 1.82) is 0 Å². The van der Waals surface area contributed by atoms with Crippen LogP contribution in [0.25, 0.3) is 0 Å². The van der Waals surface area contributed by atoms with Crippen LogP contribution in [0.15, 0.2) is 0 Å². The molecule has 4 N–H and O–H groups in total. The number of hydrogen-bond donors (Lipinski definition) is 2. The van der Waals surface area contributed by atoms with Gasteiger partial charge in [0.15, 0.2) is 5.82 Å². The Hall–Kier alpha value is -1.26. The Labute approximate surface area is 59.0 Å². The second-order valence-electron chi connectivity index (χ2n) is 2.44. The zero-order valence-corrected chi connectivity index (χ0v) is 6.07. The molecule has 5 nitrogen and oxygen atoms in total. The van der Waals surface area contributed by atoms with E-state index in [4.69, 9.17) is 11.6 Å². The molecular formula is C5H11N5. The van der Waals surface area contributed by atoms with Crippen LogP contribution in [0.5, 0.6) is 0 Å². The Balaban J connectivity index is 3.05. The van der Waals surface area contributed by atoms with Crippen LogP contribution in [0.4, 0.5) is 5.95 Å². The highest BCUT2D eigenvalue weighted by Gasteiger charge is 2.08. The third kappa shape index (κ3) is 0.896. The highest BCUT2D eigenvalue weighted by Crippen LogP contribution is 2.10. The van der Waals surface area contributed by atoms with Gasteiger partial charge in [0.2, 0.25) is 5.95 Å². The van der Waals surface area contributed by atoms with Gasteiger partial charge in [-0.25, -0.2) is 4.68 Å². The third-order valence-corrected chi connectivity index (χ3v) is 1.26. The van der Waals surface area contributed by atoms with Gasteiger partial charge in [-0.15, -0.1) is 10.2 Å². The summed E-state index contributed by atoms with van der Waals surface area (Å²) in [7, 11) is 0. The summed E-state index contributed by atoms with van der Waals surface area (Å²) >= 11 is 0. The Morgan fingerprint density at radius 3 is 2.20 bits per heavy atom. The van der Waals surface area contributed by atoms with Gasteiger partial charge in [0, 0.05) is 5.92 Å². The first kappa shape index (κ1) is 6.85. The molecule has 1 aromatic rings. The van der Waals surface area contributed by atoms with Gasteiger partial charge in [0.25, 0.3) is 0 Å². The van der Waals surface area contributed by atoms with Crippen LogP contribution >= 0.6 is 0 Å². The summed E-state index contributed by atoms with van der Waals surface area (Å²) in [6, 6.07) is 0. The first-order valence-corrected chi connectivity index (χ1v) is 3.08. The molecule has 10 heavy (non-hydrogen) atoms. The van der Waals surface area contributed by atoms with Crippen molar-refractivity contribution in [3.63, 3.8) is 0 Å². The van der Waals surface area contributed by atoms with Crippen LogP contribution in [-0.2, 0) is 0 Å². The quantitative estimate of drug-likeness (QED) is 0.526. The van der Waals surface area contributed by atoms with Gasteiger partial charge in [-0.1, -0.05) is 13.8 Å². The van der Waals surface area contributed by atoms with Gasteiger partial charge < -0.3 is 11.6 Å². The van der Waals surface area contributed by atoms with Crippen molar-refractivity contribution in [2.45, 2.75) is 19.8 Å². The van der Waals surface area contributed by atoms with E-state index in [9.17, 15) is 0 Å². The van der Waals surface area contributed by atoms with E-state index in [-0.39, 0.29) is 11.9 Å². The topological polar surface area (TPSA) is 82.8 Å². The number of hydrogen-bond acceptors (Lipinski definition) is 4. The van der Waals surface area contributed by atoms with Crippen LogP contribution in [0.2, 0.25) is 0 Å². The summed E-state index contributed by atoms with van der Waals surface area (Å²) < 4.78 is 1.30. The van der Waals surface area contributed by atoms with E-state index in [1.165, 1.54) is 4.68 Å². The summed E-state index contributed by atoms with van der Waals surface area (Å²) in [6.45, 7) is 3.96. The molecule has 1 rings (SSSR count). The summed E-state index contributed by atoms with van der Waals surface area (Å²) in [5.74, 6) is 6.69. The van der Waals surface area contributed by atoms with Gasteiger partial charge in [-0.05, 0) is 0 Å². The molecule has 56 valence electrons. The summed E-state index contributed by atoms with van der Waals surface area (Å²) in [4.78, 5) is 0. The van der Waals surface area contributed by atoms with Crippen molar-refractivity contribution in [2.24, 2.45) is 0 Å². The molecule has 1 heterocycles. The molecule has 0 radical (unpaired) electrons. The monoisotopic (exact) mass is 141 g/mol. The number of anilines is 1. The minimum absolute atomic E-state index is 0.253. The van der Waals surface area contributed by atoms with E-state index in [0.717, 1.165) is 0 Å². The van der Waals surface area contributed by atoms with Crippen LogP contribution in [0.3, 0.4) is 0 Å². The Bertz CT molecular complexity index is 226. The number of nitrogens with two attached hydrogens (primary N) is 2. The highest BCUT2D eigenvalue weighted by molar-refractivity contribution is 5.18. The lowest BCUT2D eigenvalue weighted by molar-refractivity contribution is 0.733. The molecule has 0 saturated heterocycles. The normalized spacial score (nSPS) is 10.7. The first-order valence-electron chi connectivity index (χ1n) is 3.08. The molecule has 5 heteroatoms. The second-order valence-corrected chi connectivity index (χ2v) is 2.44. The van der Waals surface area contributed by atoms with Crippen molar-refractivity contribution >= 4 is 5.95 Å². The fraction of sp³-hybridized carbons (Fsp3) is 0.600. The van der Waals surface area contributed by atoms with Crippen molar-refractivity contribution in [3.05, 3.63) is 5.82 Å². The maximum atomic E-state index is 5.47. The van der Waals surface area contributed by atoms with E-state index >= 15 is 0 Å². The summed E-state index contributed by atoms with van der Waals surface area (Å²) in [6.07, 6.45) is 0. The average Bonchev–Trinajstić information content (AvgIpc) is 2.14. The van der Waals surface area contributed by atoms with Crippen molar-refractivity contribution in [3.8, 4) is 0 Å². The van der Waals surface area contributed by atoms with E-state index in [2.05, 4.69) is 10.2 Å². The smallest absolute Gasteiger partial charge is 0.240 e. The summed E-state index contributed by atoms with van der Waals surface area (Å²) in [5, 5.41) is 7.38. The Kier molecular flexibility index (Phi) is 1.48. The molecule has 0 bridgehead atoms. The number of rotatable bonds is 1. The van der Waals surface area contributed by atoms with Gasteiger partial charge in [-0.2, -0.15) is 0 Å². The number of aromatic nitrogens is 3. The van der Waals surface area contributed by atoms with Crippen LogP contribution in [0, 0.1) is 0 Å². The lowest BCUT2D eigenvalue weighted by Gasteiger charge is -2.02. The van der Waals surface area contributed by atoms with Crippen molar-refractivity contribution in [1.82, 2.24) is 14.9 Å².